The van der Waals surface area contributed by atoms with Gasteiger partial charge in [0.15, 0.2) is 11.7 Å². The van der Waals surface area contributed by atoms with Crippen molar-refractivity contribution < 1.29 is 13.9 Å². The van der Waals surface area contributed by atoms with Gasteiger partial charge in [0.2, 0.25) is 0 Å². The number of furan rings is 1. The molecule has 136 valence electrons. The first-order valence-corrected chi connectivity index (χ1v) is 9.45. The van der Waals surface area contributed by atoms with Gasteiger partial charge in [-0.3, -0.25) is 9.69 Å². The highest BCUT2D eigenvalue weighted by atomic mass is 35.5. The Bertz CT molecular complexity index is 1010. The third-order valence-corrected chi connectivity index (χ3v) is 5.20. The molecule has 0 aliphatic carbocycles. The monoisotopic (exact) mass is 398 g/mol. The molecule has 4 aromatic rings. The van der Waals surface area contributed by atoms with E-state index in [1.165, 1.54) is 11.3 Å². The number of benzene rings is 2. The van der Waals surface area contributed by atoms with E-state index in [2.05, 4.69) is 4.98 Å². The van der Waals surface area contributed by atoms with Crippen molar-refractivity contribution in [2.24, 2.45) is 0 Å². The molecule has 1 amide bonds. The smallest absolute Gasteiger partial charge is 0.267 e. The summed E-state index contributed by atoms with van der Waals surface area (Å²) in [5.74, 6) is 1.05. The van der Waals surface area contributed by atoms with Gasteiger partial charge in [0, 0.05) is 5.02 Å². The lowest BCUT2D eigenvalue weighted by Crippen LogP contribution is -2.34. The number of carbonyl (C=O) groups is 1. The number of para-hydroxylation sites is 1. The summed E-state index contributed by atoms with van der Waals surface area (Å²) in [6.07, 6.45) is 1.58. The normalized spacial score (nSPS) is 10.9. The summed E-state index contributed by atoms with van der Waals surface area (Å²) in [5.41, 5.74) is 0.855. The van der Waals surface area contributed by atoms with Gasteiger partial charge < -0.3 is 9.15 Å². The van der Waals surface area contributed by atoms with Crippen LogP contribution in [0.15, 0.2) is 71.3 Å². The number of anilines is 1. The largest absolute Gasteiger partial charge is 0.484 e. The van der Waals surface area contributed by atoms with Gasteiger partial charge in [-0.2, -0.15) is 0 Å². The van der Waals surface area contributed by atoms with Crippen molar-refractivity contribution >= 4 is 44.2 Å². The number of nitrogens with zero attached hydrogens (tertiary/aromatic N) is 2. The molecule has 0 unspecified atom stereocenters. The molecule has 4 rings (SSSR count). The van der Waals surface area contributed by atoms with Crippen LogP contribution in [-0.2, 0) is 11.3 Å². The Morgan fingerprint density at radius 1 is 1.11 bits per heavy atom. The van der Waals surface area contributed by atoms with Crippen LogP contribution >= 0.6 is 22.9 Å². The molecule has 2 aromatic heterocycles. The molecule has 0 saturated heterocycles. The summed E-state index contributed by atoms with van der Waals surface area (Å²) in [4.78, 5) is 19.1. The quantitative estimate of drug-likeness (QED) is 0.450. The van der Waals surface area contributed by atoms with Crippen molar-refractivity contribution in [1.82, 2.24) is 4.98 Å². The van der Waals surface area contributed by atoms with Crippen LogP contribution in [0.5, 0.6) is 5.75 Å². The Morgan fingerprint density at radius 3 is 2.67 bits per heavy atom. The van der Waals surface area contributed by atoms with Gasteiger partial charge in [-0.25, -0.2) is 4.98 Å². The van der Waals surface area contributed by atoms with E-state index < -0.39 is 0 Å². The van der Waals surface area contributed by atoms with Crippen molar-refractivity contribution in [3.05, 3.63) is 77.7 Å². The maximum absolute atomic E-state index is 12.9. The number of hydrogen-bond donors (Lipinski definition) is 0. The molecule has 5 nitrogen and oxygen atoms in total. The Morgan fingerprint density at radius 2 is 1.93 bits per heavy atom. The van der Waals surface area contributed by atoms with E-state index in [1.54, 1.807) is 41.5 Å². The molecule has 0 radical (unpaired) electrons. The standard InChI is InChI=1S/C20H15ClN2O3S/c21-14-7-9-15(10-8-14)26-13-19(24)23(12-16-4-3-11-25-16)20-22-17-5-1-2-6-18(17)27-20/h1-11H,12-13H2. The maximum Gasteiger partial charge on any atom is 0.267 e. The minimum absolute atomic E-state index is 0.113. The average Bonchev–Trinajstić information content (AvgIpc) is 3.34. The molecule has 0 N–H and O–H groups in total. The highest BCUT2D eigenvalue weighted by Gasteiger charge is 2.21. The lowest BCUT2D eigenvalue weighted by atomic mass is 10.3. The van der Waals surface area contributed by atoms with Crippen LogP contribution in [0.1, 0.15) is 5.76 Å². The van der Waals surface area contributed by atoms with Gasteiger partial charge in [0.05, 0.1) is 23.0 Å². The number of amides is 1. The SMILES string of the molecule is O=C(COc1ccc(Cl)cc1)N(Cc1ccco1)c1nc2ccccc2s1. The fraction of sp³-hybridized carbons (Fsp3) is 0.100. The molecule has 7 heteroatoms. The zero-order valence-corrected chi connectivity index (χ0v) is 15.7. The van der Waals surface area contributed by atoms with E-state index in [0.29, 0.717) is 21.7 Å². The summed E-state index contributed by atoms with van der Waals surface area (Å²) >= 11 is 7.33. The second-order valence-electron chi connectivity index (χ2n) is 5.77. The number of fused-ring (bicyclic) bond motifs is 1. The number of hydrogen-bond acceptors (Lipinski definition) is 5. The van der Waals surface area contributed by atoms with Crippen LogP contribution in [0.25, 0.3) is 10.2 Å². The third-order valence-electron chi connectivity index (χ3n) is 3.88. The Balaban J connectivity index is 1.56. The molecular formula is C20H15ClN2O3S. The fourth-order valence-corrected chi connectivity index (χ4v) is 3.66. The Kier molecular flexibility index (Phi) is 5.09. The number of aromatic nitrogens is 1. The molecule has 2 heterocycles. The number of halogens is 1. The first-order valence-electron chi connectivity index (χ1n) is 8.26. The maximum atomic E-state index is 12.9. The van der Waals surface area contributed by atoms with Crippen molar-refractivity contribution in [3.63, 3.8) is 0 Å². The molecule has 0 saturated carbocycles. The lowest BCUT2D eigenvalue weighted by molar-refractivity contribution is -0.120. The third kappa shape index (κ3) is 4.13. The van der Waals surface area contributed by atoms with Crippen LogP contribution in [0, 0.1) is 0 Å². The summed E-state index contributed by atoms with van der Waals surface area (Å²) in [6.45, 7) is 0.175. The van der Waals surface area contributed by atoms with Crippen LogP contribution in [0.3, 0.4) is 0 Å². The van der Waals surface area contributed by atoms with Crippen molar-refractivity contribution in [1.29, 1.82) is 0 Å². The Labute approximate surface area is 164 Å². The molecule has 0 aliphatic heterocycles. The summed E-state index contributed by atoms with van der Waals surface area (Å²) in [5, 5.41) is 1.22. The van der Waals surface area contributed by atoms with Crippen LogP contribution in [-0.4, -0.2) is 17.5 Å². The molecule has 27 heavy (non-hydrogen) atoms. The average molecular weight is 399 g/mol. The van der Waals surface area contributed by atoms with E-state index in [4.69, 9.17) is 20.8 Å². The second-order valence-corrected chi connectivity index (χ2v) is 7.21. The summed E-state index contributed by atoms with van der Waals surface area (Å²) in [6, 6.07) is 18.3. The Hall–Kier alpha value is -2.83. The second kappa shape index (κ2) is 7.82. The topological polar surface area (TPSA) is 55.6 Å². The first-order chi connectivity index (χ1) is 13.2. The molecular weight excluding hydrogens is 384 g/mol. The molecule has 0 aliphatic rings. The first kappa shape index (κ1) is 17.6. The van der Waals surface area contributed by atoms with Crippen LogP contribution in [0.4, 0.5) is 5.13 Å². The van der Waals surface area contributed by atoms with E-state index in [1.807, 2.05) is 30.3 Å². The van der Waals surface area contributed by atoms with E-state index >= 15 is 0 Å². The number of thiazole rings is 1. The zero-order valence-electron chi connectivity index (χ0n) is 14.2. The lowest BCUT2D eigenvalue weighted by Gasteiger charge is -2.19. The summed E-state index contributed by atoms with van der Waals surface area (Å²) in [7, 11) is 0. The highest BCUT2D eigenvalue weighted by molar-refractivity contribution is 7.22. The van der Waals surface area contributed by atoms with Gasteiger partial charge in [0.25, 0.3) is 5.91 Å². The fourth-order valence-electron chi connectivity index (χ4n) is 2.55. The van der Waals surface area contributed by atoms with Gasteiger partial charge >= 0.3 is 0 Å². The van der Waals surface area contributed by atoms with Gasteiger partial charge in [-0.05, 0) is 48.5 Å². The van der Waals surface area contributed by atoms with E-state index in [9.17, 15) is 4.79 Å². The molecule has 0 spiro atoms. The van der Waals surface area contributed by atoms with Crippen molar-refractivity contribution in [2.75, 3.05) is 11.5 Å². The van der Waals surface area contributed by atoms with Gasteiger partial charge in [0.1, 0.15) is 11.5 Å². The molecule has 0 atom stereocenters. The highest BCUT2D eigenvalue weighted by Crippen LogP contribution is 2.30. The van der Waals surface area contributed by atoms with E-state index in [0.717, 1.165) is 10.2 Å². The molecule has 0 fully saturated rings. The minimum Gasteiger partial charge on any atom is -0.484 e. The predicted octanol–water partition coefficient (Wildman–Crippen LogP) is 5.15. The number of carbonyl (C=O) groups excluding carboxylic acids is 1. The number of ether oxygens (including phenoxy) is 1. The predicted molar refractivity (Wildman–Crippen MR) is 106 cm³/mol. The minimum atomic E-state index is -0.208. The summed E-state index contributed by atoms with van der Waals surface area (Å²) < 4.78 is 12.0. The number of rotatable bonds is 6. The van der Waals surface area contributed by atoms with Crippen LogP contribution < -0.4 is 9.64 Å². The van der Waals surface area contributed by atoms with Crippen molar-refractivity contribution in [3.8, 4) is 5.75 Å². The van der Waals surface area contributed by atoms with Crippen LogP contribution in [0.2, 0.25) is 5.02 Å². The zero-order chi connectivity index (χ0) is 18.6. The molecule has 2 aromatic carbocycles. The van der Waals surface area contributed by atoms with Gasteiger partial charge in [-0.15, -0.1) is 0 Å². The van der Waals surface area contributed by atoms with Crippen molar-refractivity contribution in [2.45, 2.75) is 6.54 Å². The van der Waals surface area contributed by atoms with E-state index in [-0.39, 0.29) is 19.1 Å². The van der Waals surface area contributed by atoms with Gasteiger partial charge in [-0.1, -0.05) is 35.1 Å². The molecule has 0 bridgehead atoms.